The van der Waals surface area contributed by atoms with Crippen LogP contribution in [0, 0.1) is 5.92 Å². The third kappa shape index (κ3) is 46.9. The Bertz CT molecular complexity index is 1070. The highest BCUT2D eigenvalue weighted by Crippen LogP contribution is 2.22. The van der Waals surface area contributed by atoms with E-state index >= 15 is 0 Å². The van der Waals surface area contributed by atoms with Crippen molar-refractivity contribution in [2.24, 2.45) is 5.92 Å². The summed E-state index contributed by atoms with van der Waals surface area (Å²) < 4.78 is 17.5. The number of esters is 2. The second-order valence-corrected chi connectivity index (χ2v) is 20.8. The normalized spacial score (nSPS) is 12.1. The van der Waals surface area contributed by atoms with Gasteiger partial charge in [0.25, 0.3) is 0 Å². The zero-order chi connectivity index (χ0) is 50.5. The molecular weight excluding hydrogens is 859 g/mol. The highest BCUT2D eigenvalue weighted by atomic mass is 16.6. The number of unbranched alkanes of at least 4 members (excludes halogenated alkanes) is 27. The van der Waals surface area contributed by atoms with Crippen LogP contribution in [0.15, 0.2) is 0 Å². The zero-order valence-corrected chi connectivity index (χ0v) is 47.1. The quantitative estimate of drug-likeness (QED) is 0.0366. The van der Waals surface area contributed by atoms with E-state index in [1.807, 2.05) is 0 Å². The van der Waals surface area contributed by atoms with E-state index in [1.165, 1.54) is 161 Å². The first kappa shape index (κ1) is 67.1. The van der Waals surface area contributed by atoms with Gasteiger partial charge in [0.15, 0.2) is 0 Å². The summed E-state index contributed by atoms with van der Waals surface area (Å²) >= 11 is 0. The number of carbonyl (C=O) groups excluding carboxylic acids is 3. The predicted octanol–water partition coefficient (Wildman–Crippen LogP) is 17.1. The van der Waals surface area contributed by atoms with E-state index in [2.05, 4.69) is 56.7 Å². The van der Waals surface area contributed by atoms with E-state index in [-0.39, 0.29) is 30.1 Å². The van der Waals surface area contributed by atoms with Gasteiger partial charge in [-0.25, -0.2) is 4.79 Å². The molecule has 9 heteroatoms. The van der Waals surface area contributed by atoms with Crippen molar-refractivity contribution < 1.29 is 28.6 Å². The summed E-state index contributed by atoms with van der Waals surface area (Å²) in [5.41, 5.74) is 0. The Balaban J connectivity index is 4.74. The van der Waals surface area contributed by atoms with Crippen molar-refractivity contribution >= 4 is 18.0 Å². The average Bonchev–Trinajstić information content (AvgIpc) is 3.35. The van der Waals surface area contributed by atoms with Crippen LogP contribution in [0.5, 0.6) is 0 Å². The molecule has 0 aromatic rings. The van der Waals surface area contributed by atoms with E-state index in [0.717, 1.165) is 129 Å². The zero-order valence-electron chi connectivity index (χ0n) is 47.1. The van der Waals surface area contributed by atoms with Gasteiger partial charge in [0, 0.05) is 19.5 Å². The van der Waals surface area contributed by atoms with Gasteiger partial charge in [-0.1, -0.05) is 215 Å². The average molecular weight is 979 g/mol. The number of amides is 1. The SMILES string of the molecule is CCCCCCCCC(CCCCCCCC)OC(=O)CCCCCCCN(CCCCCCCCOC(=O)C(CCCCCC)CCCCCCCC)CCCOC(=O)NCCCN(CC)CC. The van der Waals surface area contributed by atoms with Crippen molar-refractivity contribution in [2.75, 3.05) is 59.0 Å². The molecule has 0 spiro atoms. The Morgan fingerprint density at radius 1 is 0.391 bits per heavy atom. The fraction of sp³-hybridized carbons (Fsp3) is 0.950. The minimum atomic E-state index is -0.304. The summed E-state index contributed by atoms with van der Waals surface area (Å²) in [5, 5.41) is 2.93. The van der Waals surface area contributed by atoms with E-state index < -0.39 is 0 Å². The minimum Gasteiger partial charge on any atom is -0.465 e. The molecule has 0 heterocycles. The molecule has 0 saturated heterocycles. The number of alkyl carbamates (subject to hydrolysis) is 1. The Kier molecular flexibility index (Phi) is 52.5. The van der Waals surface area contributed by atoms with Crippen LogP contribution >= 0.6 is 0 Å². The first-order valence-corrected chi connectivity index (χ1v) is 30.6. The molecule has 1 atom stereocenters. The van der Waals surface area contributed by atoms with Crippen molar-refractivity contribution in [2.45, 2.75) is 304 Å². The smallest absolute Gasteiger partial charge is 0.407 e. The third-order valence-electron chi connectivity index (χ3n) is 14.3. The molecule has 9 nitrogen and oxygen atoms in total. The molecule has 0 bridgehead atoms. The van der Waals surface area contributed by atoms with Crippen molar-refractivity contribution in [1.29, 1.82) is 0 Å². The van der Waals surface area contributed by atoms with E-state index in [4.69, 9.17) is 14.2 Å². The molecule has 69 heavy (non-hydrogen) atoms. The molecule has 410 valence electrons. The monoisotopic (exact) mass is 978 g/mol. The molecule has 0 saturated carbocycles. The number of hydrogen-bond acceptors (Lipinski definition) is 8. The molecule has 1 amide bonds. The fourth-order valence-electron chi connectivity index (χ4n) is 9.62. The van der Waals surface area contributed by atoms with E-state index in [9.17, 15) is 14.4 Å². The van der Waals surface area contributed by atoms with Crippen molar-refractivity contribution in [3.05, 3.63) is 0 Å². The standard InChI is InChI=1S/C60H119N3O6/c1-7-13-17-21-27-35-45-56(44-34-20-16-10-4)59(65)67-54-41-33-25-24-31-39-50-63(53-43-55-68-60(66)61-49-42-52-62(11-5)12-6)51-40-32-26-30-38-48-58(64)69-57(46-36-28-22-18-14-8-2)47-37-29-23-19-15-9-3/h56-57H,7-55H2,1-6H3,(H,61,66). The van der Waals surface area contributed by atoms with Crippen LogP contribution < -0.4 is 5.32 Å². The molecule has 0 aliphatic heterocycles. The number of ether oxygens (including phenoxy) is 3. The lowest BCUT2D eigenvalue weighted by Crippen LogP contribution is -2.31. The first-order valence-electron chi connectivity index (χ1n) is 30.6. The van der Waals surface area contributed by atoms with Gasteiger partial charge in [-0.3, -0.25) is 9.59 Å². The second-order valence-electron chi connectivity index (χ2n) is 20.8. The van der Waals surface area contributed by atoms with Gasteiger partial charge < -0.3 is 29.3 Å². The van der Waals surface area contributed by atoms with Crippen LogP contribution in [0.2, 0.25) is 0 Å². The van der Waals surface area contributed by atoms with Crippen LogP contribution in [0.3, 0.4) is 0 Å². The fourth-order valence-corrected chi connectivity index (χ4v) is 9.62. The maximum atomic E-state index is 13.1. The Hall–Kier alpha value is -1.87. The molecule has 0 radical (unpaired) electrons. The summed E-state index contributed by atoms with van der Waals surface area (Å²) in [7, 11) is 0. The number of rotatable bonds is 55. The number of nitrogens with one attached hydrogen (secondary N) is 1. The van der Waals surface area contributed by atoms with Crippen LogP contribution in [0.4, 0.5) is 4.79 Å². The highest BCUT2D eigenvalue weighted by molar-refractivity contribution is 5.72. The van der Waals surface area contributed by atoms with E-state index in [0.29, 0.717) is 26.2 Å². The maximum Gasteiger partial charge on any atom is 0.407 e. The summed E-state index contributed by atoms with van der Waals surface area (Å²) in [5.74, 6) is 0.149. The molecule has 0 aliphatic rings. The molecule has 0 aliphatic carbocycles. The minimum absolute atomic E-state index is 0.0119. The summed E-state index contributed by atoms with van der Waals surface area (Å²) in [6.45, 7) is 21.1. The number of carbonyl (C=O) groups is 3. The molecule has 0 rings (SSSR count). The lowest BCUT2D eigenvalue weighted by Gasteiger charge is -2.22. The summed E-state index contributed by atoms with van der Waals surface area (Å²) in [4.78, 5) is 43.3. The van der Waals surface area contributed by atoms with E-state index in [1.54, 1.807) is 0 Å². The van der Waals surface area contributed by atoms with Crippen molar-refractivity contribution in [3.63, 3.8) is 0 Å². The molecule has 1 N–H and O–H groups in total. The van der Waals surface area contributed by atoms with Gasteiger partial charge in [-0.2, -0.15) is 0 Å². The predicted molar refractivity (Wildman–Crippen MR) is 295 cm³/mol. The van der Waals surface area contributed by atoms with Crippen LogP contribution in [0.1, 0.15) is 298 Å². The van der Waals surface area contributed by atoms with Gasteiger partial charge in [-0.05, 0) is 110 Å². The van der Waals surface area contributed by atoms with Crippen molar-refractivity contribution in [3.8, 4) is 0 Å². The largest absolute Gasteiger partial charge is 0.465 e. The van der Waals surface area contributed by atoms with Crippen LogP contribution in [-0.4, -0.2) is 93.0 Å². The lowest BCUT2D eigenvalue weighted by atomic mass is 9.94. The molecule has 1 unspecified atom stereocenters. The number of hydrogen-bond donors (Lipinski definition) is 1. The summed E-state index contributed by atoms with van der Waals surface area (Å²) in [6.07, 6.45) is 46.2. The number of nitrogens with zero attached hydrogens (tertiary/aromatic N) is 2. The Morgan fingerprint density at radius 3 is 1.29 bits per heavy atom. The second kappa shape index (κ2) is 53.9. The van der Waals surface area contributed by atoms with Gasteiger partial charge >= 0.3 is 18.0 Å². The van der Waals surface area contributed by atoms with Gasteiger partial charge in [0.2, 0.25) is 0 Å². The first-order chi connectivity index (χ1) is 33.8. The maximum absolute atomic E-state index is 13.1. The molecule has 0 fully saturated rings. The van der Waals surface area contributed by atoms with Gasteiger partial charge in [-0.15, -0.1) is 0 Å². The Morgan fingerprint density at radius 2 is 0.783 bits per heavy atom. The van der Waals surface area contributed by atoms with Gasteiger partial charge in [0.05, 0.1) is 19.1 Å². The third-order valence-corrected chi connectivity index (χ3v) is 14.3. The van der Waals surface area contributed by atoms with Crippen molar-refractivity contribution in [1.82, 2.24) is 15.1 Å². The topological polar surface area (TPSA) is 97.4 Å². The lowest BCUT2D eigenvalue weighted by molar-refractivity contribution is -0.150. The molecule has 0 aromatic carbocycles. The van der Waals surface area contributed by atoms with Crippen LogP contribution in [-0.2, 0) is 23.8 Å². The Labute approximate surface area is 429 Å². The highest BCUT2D eigenvalue weighted by Gasteiger charge is 2.19. The van der Waals surface area contributed by atoms with Crippen LogP contribution in [0.25, 0.3) is 0 Å². The van der Waals surface area contributed by atoms with Gasteiger partial charge in [0.1, 0.15) is 6.10 Å². The summed E-state index contributed by atoms with van der Waals surface area (Å²) in [6, 6.07) is 0. The molecular formula is C60H119N3O6. The molecule has 0 aromatic heterocycles.